The van der Waals surface area contributed by atoms with E-state index in [0.29, 0.717) is 39.8 Å². The minimum absolute atomic E-state index is 0.323. The van der Waals surface area contributed by atoms with Crippen molar-refractivity contribution in [3.63, 3.8) is 0 Å². The predicted octanol–water partition coefficient (Wildman–Crippen LogP) is 5.61. The summed E-state index contributed by atoms with van der Waals surface area (Å²) < 4.78 is 24.2. The van der Waals surface area contributed by atoms with Gasteiger partial charge in [0.15, 0.2) is 0 Å². The summed E-state index contributed by atoms with van der Waals surface area (Å²) in [6.07, 6.45) is 1.13. The Kier molecular flexibility index (Phi) is 8.19. The Morgan fingerprint density at radius 2 is 1.49 bits per heavy atom. The third kappa shape index (κ3) is 5.86. The van der Waals surface area contributed by atoms with E-state index >= 15 is 0 Å². The highest BCUT2D eigenvalue weighted by atomic mass is 32.1. The number of ether oxygens (including phenoxy) is 3. The first-order valence-corrected chi connectivity index (χ1v) is 13.4. The van der Waals surface area contributed by atoms with E-state index in [9.17, 15) is 14.7 Å². The Bertz CT molecular complexity index is 1700. The molecule has 0 spiro atoms. The lowest BCUT2D eigenvalue weighted by molar-refractivity contribution is -0.185. The molecule has 1 unspecified atom stereocenters. The normalized spacial score (nSPS) is 16.1. The van der Waals surface area contributed by atoms with E-state index in [0.717, 1.165) is 40.6 Å². The van der Waals surface area contributed by atoms with Crippen LogP contribution in [0.1, 0.15) is 27.0 Å². The molecule has 2 heterocycles. The fourth-order valence-electron chi connectivity index (χ4n) is 4.50. The first kappa shape index (κ1) is 27.7. The molecule has 0 saturated carbocycles. The Hall–Kier alpha value is -4.86. The molecule has 1 aromatic heterocycles. The first-order valence-electron chi connectivity index (χ1n) is 12.6. The van der Waals surface area contributed by atoms with E-state index in [1.165, 1.54) is 0 Å². The molecular weight excluding hydrogens is 540 g/mol. The smallest absolute Gasteiger partial charge is 0.342 e. The molecule has 0 radical (unpaired) electrons. The van der Waals surface area contributed by atoms with Gasteiger partial charge in [0.2, 0.25) is 0 Å². The number of fused-ring (bicyclic) bond motifs is 1. The number of methoxy groups -OCH3 is 2. The van der Waals surface area contributed by atoms with Gasteiger partial charge in [-0.25, -0.2) is 4.79 Å². The van der Waals surface area contributed by atoms with Crippen molar-refractivity contribution in [1.82, 2.24) is 8.75 Å². The van der Waals surface area contributed by atoms with Gasteiger partial charge >= 0.3 is 5.97 Å². The van der Waals surface area contributed by atoms with E-state index < -0.39 is 11.8 Å². The average molecular weight is 567 g/mol. The molecule has 1 aliphatic rings. The van der Waals surface area contributed by atoms with Crippen LogP contribution in [0.4, 0.5) is 0 Å². The van der Waals surface area contributed by atoms with Gasteiger partial charge in [-0.3, -0.25) is 4.79 Å². The van der Waals surface area contributed by atoms with Gasteiger partial charge in [0.05, 0.1) is 31.5 Å². The lowest BCUT2D eigenvalue weighted by atomic mass is 9.88. The number of nitrogens with zero attached hydrogens (tertiary/aromatic N) is 2. The zero-order valence-electron chi connectivity index (χ0n) is 22.3. The summed E-state index contributed by atoms with van der Waals surface area (Å²) in [5.74, 6) is -0.928. The van der Waals surface area contributed by atoms with Crippen LogP contribution < -0.4 is 9.47 Å². The number of carbonyl (C=O) groups is 2. The number of hydrogen-bond donors (Lipinski definition) is 1. The third-order valence-corrected chi connectivity index (χ3v) is 7.21. The van der Waals surface area contributed by atoms with Crippen LogP contribution in [0.25, 0.3) is 16.6 Å². The summed E-state index contributed by atoms with van der Waals surface area (Å²) >= 11 is 1.11. The van der Waals surface area contributed by atoms with Crippen molar-refractivity contribution in [2.24, 2.45) is 0 Å². The highest BCUT2D eigenvalue weighted by Gasteiger charge is 2.48. The molecule has 8 nitrogen and oxygen atoms in total. The maximum Gasteiger partial charge on any atom is 0.342 e. The quantitative estimate of drug-likeness (QED) is 0.200. The lowest BCUT2D eigenvalue weighted by Gasteiger charge is -2.25. The maximum atomic E-state index is 13.0. The zero-order valence-corrected chi connectivity index (χ0v) is 23.1. The van der Waals surface area contributed by atoms with Gasteiger partial charge in [0.25, 0.3) is 5.79 Å². The Balaban J connectivity index is 0.000000287. The fraction of sp³-hybridized carbons (Fsp3) is 0.125. The average Bonchev–Trinajstić information content (AvgIpc) is 3.59. The van der Waals surface area contributed by atoms with Crippen LogP contribution in [0.5, 0.6) is 11.5 Å². The van der Waals surface area contributed by atoms with Gasteiger partial charge in [0, 0.05) is 23.1 Å². The van der Waals surface area contributed by atoms with Crippen LogP contribution >= 0.6 is 11.7 Å². The third-order valence-electron chi connectivity index (χ3n) is 6.65. The number of aromatic nitrogens is 2. The summed E-state index contributed by atoms with van der Waals surface area (Å²) in [5.41, 5.74) is 5.00. The Morgan fingerprint density at radius 1 is 0.854 bits per heavy atom. The monoisotopic (exact) mass is 566 g/mol. The van der Waals surface area contributed by atoms with Gasteiger partial charge in [-0.2, -0.15) is 8.75 Å². The molecule has 0 aliphatic carbocycles. The van der Waals surface area contributed by atoms with Crippen LogP contribution in [0.3, 0.4) is 0 Å². The maximum absolute atomic E-state index is 13.0. The Labute approximate surface area is 240 Å². The molecule has 41 heavy (non-hydrogen) atoms. The number of benzene rings is 4. The molecule has 4 aromatic carbocycles. The molecule has 206 valence electrons. The van der Waals surface area contributed by atoms with Crippen molar-refractivity contribution in [3.05, 3.63) is 125 Å². The number of hydrogen-bond acceptors (Lipinski definition) is 9. The van der Waals surface area contributed by atoms with Crippen molar-refractivity contribution >= 4 is 40.6 Å². The van der Waals surface area contributed by atoms with Crippen LogP contribution in [-0.4, -0.2) is 40.3 Å². The second-order valence-corrected chi connectivity index (χ2v) is 9.67. The van der Waals surface area contributed by atoms with Gasteiger partial charge in [-0.1, -0.05) is 48.5 Å². The molecule has 0 bridgehead atoms. The second kappa shape index (κ2) is 12.1. The zero-order chi connectivity index (χ0) is 28.8. The minimum Gasteiger partial charge on any atom is -0.497 e. The molecule has 0 amide bonds. The molecule has 6 rings (SSSR count). The summed E-state index contributed by atoms with van der Waals surface area (Å²) in [5, 5.41) is 11.6. The van der Waals surface area contributed by atoms with Gasteiger partial charge in [-0.05, 0) is 59.7 Å². The molecule has 9 heteroatoms. The predicted molar refractivity (Wildman–Crippen MR) is 156 cm³/mol. The van der Waals surface area contributed by atoms with Gasteiger partial charge < -0.3 is 19.3 Å². The molecule has 0 fully saturated rings. The first-order chi connectivity index (χ1) is 19.9. The number of carbonyl (C=O) groups excluding carboxylic acids is 2. The fourth-order valence-corrected chi connectivity index (χ4v) is 5.02. The number of aldehydes is 1. The number of cyclic esters (lactones) is 1. The molecule has 1 aliphatic heterocycles. The van der Waals surface area contributed by atoms with E-state index in [4.69, 9.17) is 14.2 Å². The lowest BCUT2D eigenvalue weighted by Crippen LogP contribution is -2.29. The van der Waals surface area contributed by atoms with Gasteiger partial charge in [-0.15, -0.1) is 0 Å². The van der Waals surface area contributed by atoms with Crippen LogP contribution in [0.2, 0.25) is 0 Å². The molecule has 5 aromatic rings. The highest BCUT2D eigenvalue weighted by Crippen LogP contribution is 2.44. The van der Waals surface area contributed by atoms with Crippen molar-refractivity contribution in [1.29, 1.82) is 0 Å². The summed E-state index contributed by atoms with van der Waals surface area (Å²) in [7, 11) is 3.20. The summed E-state index contributed by atoms with van der Waals surface area (Å²) in [6, 6.07) is 28.8. The summed E-state index contributed by atoms with van der Waals surface area (Å²) in [6.45, 7) is 0. The number of esters is 1. The molecule has 0 saturated heterocycles. The van der Waals surface area contributed by atoms with Crippen molar-refractivity contribution < 1.29 is 28.9 Å². The molecule has 1 N–H and O–H groups in total. The Morgan fingerprint density at radius 3 is 2.12 bits per heavy atom. The van der Waals surface area contributed by atoms with Crippen LogP contribution in [-0.2, 0) is 21.7 Å². The largest absolute Gasteiger partial charge is 0.497 e. The van der Waals surface area contributed by atoms with Crippen LogP contribution in [0, 0.1) is 0 Å². The highest BCUT2D eigenvalue weighted by molar-refractivity contribution is 7.00. The van der Waals surface area contributed by atoms with E-state index in [-0.39, 0.29) is 0 Å². The van der Waals surface area contributed by atoms with Crippen molar-refractivity contribution in [3.8, 4) is 11.5 Å². The van der Waals surface area contributed by atoms with Gasteiger partial charge in [0.1, 0.15) is 28.8 Å². The van der Waals surface area contributed by atoms with Crippen molar-refractivity contribution in [2.75, 3.05) is 14.2 Å². The summed E-state index contributed by atoms with van der Waals surface area (Å²) in [4.78, 5) is 23.2. The van der Waals surface area contributed by atoms with Crippen LogP contribution in [0.15, 0.2) is 103 Å². The van der Waals surface area contributed by atoms with E-state index in [1.54, 1.807) is 68.8 Å². The number of aliphatic hydroxyl groups is 1. The minimum atomic E-state index is -1.86. The van der Waals surface area contributed by atoms with E-state index in [1.807, 2.05) is 42.5 Å². The van der Waals surface area contributed by atoms with E-state index in [2.05, 4.69) is 8.75 Å². The SMILES string of the molecule is COc1ccc(C=O)cc1.COc1ccc(CC2=C(c3ccc4nsnc4c3)C(=O)OC2(O)c2ccccc2)cc1. The van der Waals surface area contributed by atoms with Crippen molar-refractivity contribution in [2.45, 2.75) is 12.2 Å². The number of rotatable bonds is 7. The molecular formula is C32H26N2O6S. The second-order valence-electron chi connectivity index (χ2n) is 9.14. The molecule has 1 atom stereocenters. The standard InChI is InChI=1S/C24H18N2O4S.C8H8O2/c1-29-18-10-7-15(8-11-18)13-19-22(16-9-12-20-21(14-16)26-31-25-20)23(27)30-24(19,28)17-5-3-2-4-6-17;1-10-8-4-2-7(6-9)3-5-8/h2-12,14,28H,13H2,1H3;2-6H,1H3. The topological polar surface area (TPSA) is 108 Å².